The number of anilines is 1. The molecule has 2 heterocycles. The molecule has 0 radical (unpaired) electrons. The highest BCUT2D eigenvalue weighted by Gasteiger charge is 2.30. The molecule has 2 aromatic rings. The molecule has 2 aliphatic carbocycles. The third-order valence-corrected chi connectivity index (χ3v) is 4.99. The quantitative estimate of drug-likeness (QED) is 0.847. The Morgan fingerprint density at radius 1 is 1.14 bits per heavy atom. The Morgan fingerprint density at radius 3 is 2.76 bits per heavy atom. The van der Waals surface area contributed by atoms with E-state index >= 15 is 0 Å². The van der Waals surface area contributed by atoms with E-state index in [1.165, 1.54) is 30.6 Å². The Morgan fingerprint density at radius 2 is 2.05 bits per heavy atom. The smallest absolute Gasteiger partial charge is 0.129 e. The van der Waals surface area contributed by atoms with Crippen molar-refractivity contribution in [3.63, 3.8) is 0 Å². The van der Waals surface area contributed by atoms with Gasteiger partial charge in [0.25, 0.3) is 0 Å². The van der Waals surface area contributed by atoms with Crippen molar-refractivity contribution in [1.29, 1.82) is 0 Å². The highest BCUT2D eigenvalue weighted by atomic mass is 32.1. The predicted octanol–water partition coefficient (Wildman–Crippen LogP) is 3.56. The molecule has 0 unspecified atom stereocenters. The van der Waals surface area contributed by atoms with Gasteiger partial charge in [-0.1, -0.05) is 12.1 Å². The van der Waals surface area contributed by atoms with E-state index in [0.29, 0.717) is 6.04 Å². The van der Waals surface area contributed by atoms with Gasteiger partial charge in [0.1, 0.15) is 5.82 Å². The summed E-state index contributed by atoms with van der Waals surface area (Å²) in [7, 11) is 0. The molecule has 0 aliphatic heterocycles. The van der Waals surface area contributed by atoms with E-state index in [4.69, 9.17) is 4.98 Å². The number of nitrogens with zero attached hydrogens (tertiary/aromatic N) is 2. The van der Waals surface area contributed by atoms with Crippen molar-refractivity contribution in [1.82, 2.24) is 10.3 Å². The second-order valence-electron chi connectivity index (χ2n) is 6.08. The molecule has 0 amide bonds. The van der Waals surface area contributed by atoms with Gasteiger partial charge in [-0.15, -0.1) is 11.3 Å². The van der Waals surface area contributed by atoms with Crippen LogP contribution in [0, 0.1) is 0 Å². The van der Waals surface area contributed by atoms with Crippen LogP contribution in [0.2, 0.25) is 0 Å². The first kappa shape index (κ1) is 13.3. The topological polar surface area (TPSA) is 28.2 Å². The number of rotatable bonds is 7. The normalized spacial score (nSPS) is 17.9. The fourth-order valence-electron chi connectivity index (χ4n) is 2.62. The Labute approximate surface area is 130 Å². The van der Waals surface area contributed by atoms with Crippen molar-refractivity contribution >= 4 is 17.2 Å². The zero-order valence-corrected chi connectivity index (χ0v) is 13.0. The molecule has 0 spiro atoms. The monoisotopic (exact) mass is 299 g/mol. The number of nitrogens with one attached hydrogen (secondary N) is 1. The van der Waals surface area contributed by atoms with Crippen LogP contribution in [0.15, 0.2) is 35.7 Å². The summed E-state index contributed by atoms with van der Waals surface area (Å²) in [6, 6.07) is 12.2. The zero-order valence-electron chi connectivity index (χ0n) is 12.2. The minimum Gasteiger partial charge on any atom is -0.348 e. The van der Waals surface area contributed by atoms with Gasteiger partial charge in [0.05, 0.1) is 12.2 Å². The maximum atomic E-state index is 4.88. The summed E-state index contributed by atoms with van der Waals surface area (Å²) in [5.74, 6) is 1.14. The molecule has 1 N–H and O–H groups in total. The molecule has 4 rings (SSSR count). The van der Waals surface area contributed by atoms with Gasteiger partial charge in [-0.3, -0.25) is 0 Å². The van der Waals surface area contributed by atoms with Crippen LogP contribution >= 0.6 is 11.3 Å². The van der Waals surface area contributed by atoms with Gasteiger partial charge < -0.3 is 10.2 Å². The van der Waals surface area contributed by atoms with Crippen molar-refractivity contribution in [3.05, 3.63) is 46.3 Å². The summed E-state index contributed by atoms with van der Waals surface area (Å²) in [4.78, 5) is 8.78. The molecule has 3 nitrogen and oxygen atoms in total. The Balaban J connectivity index is 1.49. The van der Waals surface area contributed by atoms with Crippen LogP contribution in [0.5, 0.6) is 0 Å². The van der Waals surface area contributed by atoms with E-state index in [-0.39, 0.29) is 0 Å². The molecule has 4 heteroatoms. The standard InChI is InChI=1S/C17H21N3S/c1-3-14(11-18-13-6-7-13)19-17(5-1)20(15-8-9-15)12-16-4-2-10-21-16/h1-5,10,13,15,18H,6-9,11-12H2. The first-order chi connectivity index (χ1) is 10.4. The maximum Gasteiger partial charge on any atom is 0.129 e. The van der Waals surface area contributed by atoms with E-state index in [0.717, 1.165) is 30.6 Å². The summed E-state index contributed by atoms with van der Waals surface area (Å²) in [5.41, 5.74) is 1.16. The van der Waals surface area contributed by atoms with Gasteiger partial charge in [0.15, 0.2) is 0 Å². The van der Waals surface area contributed by atoms with Gasteiger partial charge in [0.2, 0.25) is 0 Å². The highest BCUT2D eigenvalue weighted by Crippen LogP contribution is 2.32. The largest absolute Gasteiger partial charge is 0.348 e. The van der Waals surface area contributed by atoms with E-state index < -0.39 is 0 Å². The van der Waals surface area contributed by atoms with Crippen molar-refractivity contribution in [2.75, 3.05) is 4.90 Å². The van der Waals surface area contributed by atoms with Gasteiger partial charge in [-0.05, 0) is 49.3 Å². The lowest BCUT2D eigenvalue weighted by Crippen LogP contribution is -2.26. The Kier molecular flexibility index (Phi) is 3.65. The van der Waals surface area contributed by atoms with E-state index in [9.17, 15) is 0 Å². The minimum absolute atomic E-state index is 0.686. The van der Waals surface area contributed by atoms with Gasteiger partial charge in [0, 0.05) is 23.5 Å². The van der Waals surface area contributed by atoms with Crippen molar-refractivity contribution < 1.29 is 0 Å². The second-order valence-corrected chi connectivity index (χ2v) is 7.11. The Hall–Kier alpha value is -1.39. The third-order valence-electron chi connectivity index (χ3n) is 4.13. The fourth-order valence-corrected chi connectivity index (χ4v) is 3.32. The predicted molar refractivity (Wildman–Crippen MR) is 87.6 cm³/mol. The highest BCUT2D eigenvalue weighted by molar-refractivity contribution is 7.09. The van der Waals surface area contributed by atoms with Crippen LogP contribution in [-0.2, 0) is 13.1 Å². The van der Waals surface area contributed by atoms with Crippen LogP contribution in [0.25, 0.3) is 0 Å². The second kappa shape index (κ2) is 5.78. The summed E-state index contributed by atoms with van der Waals surface area (Å²) < 4.78 is 0. The molecule has 0 bridgehead atoms. The first-order valence-electron chi connectivity index (χ1n) is 7.87. The number of thiophene rings is 1. The fraction of sp³-hybridized carbons (Fsp3) is 0.471. The molecule has 0 aromatic carbocycles. The van der Waals surface area contributed by atoms with Crippen LogP contribution in [0.4, 0.5) is 5.82 Å². The summed E-state index contributed by atoms with van der Waals surface area (Å²) in [6.07, 6.45) is 5.26. The molecule has 0 saturated heterocycles. The SMILES string of the molecule is c1cc(CNC2CC2)nc(N(Cc2cccs2)C2CC2)c1. The molecule has 21 heavy (non-hydrogen) atoms. The van der Waals surface area contributed by atoms with E-state index in [2.05, 4.69) is 45.9 Å². The summed E-state index contributed by atoms with van der Waals surface area (Å²) in [5, 5.41) is 5.71. The lowest BCUT2D eigenvalue weighted by molar-refractivity contribution is 0.671. The number of hydrogen-bond acceptors (Lipinski definition) is 4. The molecular weight excluding hydrogens is 278 g/mol. The van der Waals surface area contributed by atoms with Crippen LogP contribution in [0.3, 0.4) is 0 Å². The molecule has 2 fully saturated rings. The van der Waals surface area contributed by atoms with E-state index in [1.54, 1.807) is 0 Å². The molecule has 2 aliphatic rings. The van der Waals surface area contributed by atoms with Gasteiger partial charge >= 0.3 is 0 Å². The maximum absolute atomic E-state index is 4.88. The summed E-state index contributed by atoms with van der Waals surface area (Å²) >= 11 is 1.84. The van der Waals surface area contributed by atoms with Gasteiger partial charge in [-0.25, -0.2) is 4.98 Å². The number of hydrogen-bond donors (Lipinski definition) is 1. The van der Waals surface area contributed by atoms with Crippen LogP contribution in [-0.4, -0.2) is 17.1 Å². The first-order valence-corrected chi connectivity index (χ1v) is 8.75. The molecule has 0 atom stereocenters. The molecule has 2 aromatic heterocycles. The lowest BCUT2D eigenvalue weighted by atomic mass is 10.3. The Bertz CT molecular complexity index is 588. The lowest BCUT2D eigenvalue weighted by Gasteiger charge is -2.23. The van der Waals surface area contributed by atoms with Gasteiger partial charge in [-0.2, -0.15) is 0 Å². The molecule has 2 saturated carbocycles. The average molecular weight is 299 g/mol. The van der Waals surface area contributed by atoms with E-state index in [1.807, 2.05) is 11.3 Å². The van der Waals surface area contributed by atoms with Crippen LogP contribution < -0.4 is 10.2 Å². The van der Waals surface area contributed by atoms with Crippen molar-refractivity contribution in [2.45, 2.75) is 50.9 Å². The molecule has 110 valence electrons. The average Bonchev–Trinajstić information content (AvgIpc) is 3.44. The number of pyridine rings is 1. The number of aromatic nitrogens is 1. The van der Waals surface area contributed by atoms with Crippen LogP contribution in [0.1, 0.15) is 36.3 Å². The molecular formula is C17H21N3S. The third kappa shape index (κ3) is 3.44. The summed E-state index contributed by atoms with van der Waals surface area (Å²) in [6.45, 7) is 1.89. The van der Waals surface area contributed by atoms with Crippen molar-refractivity contribution in [2.24, 2.45) is 0 Å². The minimum atomic E-state index is 0.686. The zero-order chi connectivity index (χ0) is 14.1. The van der Waals surface area contributed by atoms with Crippen molar-refractivity contribution in [3.8, 4) is 0 Å².